The van der Waals surface area contributed by atoms with Gasteiger partial charge < -0.3 is 10.6 Å². The number of nitrogens with one attached hydrogen (secondary N) is 1. The molecule has 1 fully saturated rings. The number of thiophene rings is 1. The number of H-pyrrole nitrogens is 1. The largest absolute Gasteiger partial charge is 0.365 e. The molecule has 23 heavy (non-hydrogen) atoms. The van der Waals surface area contributed by atoms with Gasteiger partial charge in [-0.3, -0.25) is 14.7 Å². The first kappa shape index (κ1) is 16.0. The number of primary amides is 1. The third kappa shape index (κ3) is 3.56. The molecule has 0 radical (unpaired) electrons. The summed E-state index contributed by atoms with van der Waals surface area (Å²) in [6, 6.07) is 3.66. The van der Waals surface area contributed by atoms with Crippen LogP contribution in [0.15, 0.2) is 17.3 Å². The van der Waals surface area contributed by atoms with Crippen LogP contribution < -0.4 is 5.73 Å². The minimum Gasteiger partial charge on any atom is -0.365 e. The molecule has 1 atom stereocenters. The van der Waals surface area contributed by atoms with Crippen molar-refractivity contribution in [2.24, 2.45) is 5.73 Å². The lowest BCUT2D eigenvalue weighted by Gasteiger charge is -2.23. The molecular formula is C14H17N5O2S2. The lowest BCUT2D eigenvalue weighted by molar-refractivity contribution is -0.129. The van der Waals surface area contributed by atoms with E-state index in [4.69, 9.17) is 5.73 Å². The van der Waals surface area contributed by atoms with Crippen LogP contribution >= 0.6 is 23.1 Å². The number of hydrogen-bond acceptors (Lipinski definition) is 6. The minimum atomic E-state index is -0.423. The van der Waals surface area contributed by atoms with Crippen LogP contribution in [0.5, 0.6) is 0 Å². The predicted molar refractivity (Wildman–Crippen MR) is 88.4 cm³/mol. The van der Waals surface area contributed by atoms with Crippen LogP contribution in [-0.2, 0) is 4.79 Å². The maximum Gasteiger partial charge on any atom is 0.258 e. The summed E-state index contributed by atoms with van der Waals surface area (Å²) in [4.78, 5) is 31.4. The molecule has 0 aromatic carbocycles. The van der Waals surface area contributed by atoms with Gasteiger partial charge in [0.1, 0.15) is 5.82 Å². The number of nitrogens with zero attached hydrogens (tertiary/aromatic N) is 3. The molecule has 3 rings (SSSR count). The molecule has 9 heteroatoms. The van der Waals surface area contributed by atoms with E-state index in [1.165, 1.54) is 23.1 Å². The van der Waals surface area contributed by atoms with Gasteiger partial charge in [-0.1, -0.05) is 11.8 Å². The third-order valence-electron chi connectivity index (χ3n) is 3.67. The van der Waals surface area contributed by atoms with Crippen molar-refractivity contribution < 1.29 is 9.59 Å². The molecule has 0 spiro atoms. The van der Waals surface area contributed by atoms with Gasteiger partial charge in [0.15, 0.2) is 0 Å². The summed E-state index contributed by atoms with van der Waals surface area (Å²) in [5.41, 5.74) is 5.31. The number of thioether (sulfide) groups is 1. The van der Waals surface area contributed by atoms with Crippen LogP contribution in [0.3, 0.4) is 0 Å². The molecule has 2 amide bonds. The number of carbonyl (C=O) groups is 2. The zero-order chi connectivity index (χ0) is 16.4. The maximum atomic E-state index is 12.5. The van der Waals surface area contributed by atoms with E-state index in [2.05, 4.69) is 15.2 Å². The summed E-state index contributed by atoms with van der Waals surface area (Å²) in [5.74, 6) is 0.681. The highest BCUT2D eigenvalue weighted by Crippen LogP contribution is 2.36. The van der Waals surface area contributed by atoms with Gasteiger partial charge in [-0.15, -0.1) is 16.4 Å². The Morgan fingerprint density at radius 3 is 3.00 bits per heavy atom. The van der Waals surface area contributed by atoms with Crippen molar-refractivity contribution in [2.45, 2.75) is 31.0 Å². The topological polar surface area (TPSA) is 105 Å². The number of aromatic nitrogens is 3. The van der Waals surface area contributed by atoms with Crippen molar-refractivity contribution in [1.82, 2.24) is 20.1 Å². The summed E-state index contributed by atoms with van der Waals surface area (Å²) < 4.78 is 0. The minimum absolute atomic E-state index is 0.0371. The molecule has 1 aliphatic heterocycles. The van der Waals surface area contributed by atoms with E-state index in [1.807, 2.05) is 17.9 Å². The SMILES string of the molecule is Cc1nc(SCC(=O)N2CCC[C@H]2c2ccc(C(N)=O)s2)n[nH]1. The van der Waals surface area contributed by atoms with Crippen LogP contribution in [0.2, 0.25) is 0 Å². The Hall–Kier alpha value is -1.87. The van der Waals surface area contributed by atoms with Gasteiger partial charge in [0.2, 0.25) is 11.1 Å². The number of rotatable bonds is 5. The predicted octanol–water partition coefficient (Wildman–Crippen LogP) is 1.73. The second kappa shape index (κ2) is 6.71. The molecule has 122 valence electrons. The second-order valence-electron chi connectivity index (χ2n) is 5.30. The molecule has 1 saturated heterocycles. The van der Waals surface area contributed by atoms with Crippen LogP contribution in [0.25, 0.3) is 0 Å². The molecule has 2 aromatic heterocycles. The van der Waals surface area contributed by atoms with Gasteiger partial charge in [0.05, 0.1) is 16.7 Å². The van der Waals surface area contributed by atoms with E-state index >= 15 is 0 Å². The van der Waals surface area contributed by atoms with Crippen LogP contribution in [-0.4, -0.2) is 44.2 Å². The molecule has 0 unspecified atom stereocenters. The first-order chi connectivity index (χ1) is 11.0. The highest BCUT2D eigenvalue weighted by molar-refractivity contribution is 7.99. The van der Waals surface area contributed by atoms with Gasteiger partial charge in [-0.05, 0) is 31.9 Å². The Kier molecular flexibility index (Phi) is 4.67. The van der Waals surface area contributed by atoms with Crippen molar-refractivity contribution >= 4 is 34.9 Å². The van der Waals surface area contributed by atoms with Crippen LogP contribution in [0.1, 0.15) is 39.3 Å². The molecule has 0 saturated carbocycles. The molecular weight excluding hydrogens is 334 g/mol. The number of aromatic amines is 1. The standard InChI is InChI=1S/C14H17N5O2S2/c1-8-16-14(18-17-8)22-7-12(20)19-6-2-3-9(19)10-4-5-11(23-10)13(15)21/h4-5,9H,2-3,6-7H2,1H3,(H2,15,21)(H,16,17,18)/t9-/m0/s1. The number of likely N-dealkylation sites (tertiary alicyclic amines) is 1. The normalized spacial score (nSPS) is 17.6. The Bertz CT molecular complexity index is 726. The summed E-state index contributed by atoms with van der Waals surface area (Å²) in [6.07, 6.45) is 1.87. The van der Waals surface area contributed by atoms with Gasteiger partial charge in [0.25, 0.3) is 5.91 Å². The van der Waals surface area contributed by atoms with Crippen molar-refractivity contribution in [2.75, 3.05) is 12.3 Å². The quantitative estimate of drug-likeness (QED) is 0.798. The number of nitrogens with two attached hydrogens (primary N) is 1. The number of amides is 2. The molecule has 0 bridgehead atoms. The maximum absolute atomic E-state index is 12.5. The van der Waals surface area contributed by atoms with Crippen molar-refractivity contribution in [3.63, 3.8) is 0 Å². The molecule has 3 heterocycles. The smallest absolute Gasteiger partial charge is 0.258 e. The molecule has 2 aromatic rings. The van der Waals surface area contributed by atoms with E-state index in [0.717, 1.165) is 30.1 Å². The van der Waals surface area contributed by atoms with Gasteiger partial charge in [0, 0.05) is 11.4 Å². The molecule has 0 aliphatic carbocycles. The first-order valence-electron chi connectivity index (χ1n) is 7.25. The summed E-state index contributed by atoms with van der Waals surface area (Å²) >= 11 is 2.70. The molecule has 3 N–H and O–H groups in total. The highest BCUT2D eigenvalue weighted by Gasteiger charge is 2.31. The van der Waals surface area contributed by atoms with Gasteiger partial charge >= 0.3 is 0 Å². The first-order valence-corrected chi connectivity index (χ1v) is 9.05. The fourth-order valence-corrected chi connectivity index (χ4v) is 4.36. The molecule has 7 nitrogen and oxygen atoms in total. The van der Waals surface area contributed by atoms with Crippen molar-refractivity contribution in [3.05, 3.63) is 27.7 Å². The van der Waals surface area contributed by atoms with E-state index < -0.39 is 5.91 Å². The second-order valence-corrected chi connectivity index (χ2v) is 7.36. The fraction of sp³-hybridized carbons (Fsp3) is 0.429. The van der Waals surface area contributed by atoms with E-state index in [1.54, 1.807) is 6.07 Å². The van der Waals surface area contributed by atoms with Crippen molar-refractivity contribution in [1.29, 1.82) is 0 Å². The summed E-state index contributed by atoms with van der Waals surface area (Å²) in [6.45, 7) is 2.56. The average Bonchev–Trinajstić information content (AvgIpc) is 3.24. The van der Waals surface area contributed by atoms with Crippen molar-refractivity contribution in [3.8, 4) is 0 Å². The number of aryl methyl sites for hydroxylation is 1. The monoisotopic (exact) mass is 351 g/mol. The van der Waals surface area contributed by atoms with E-state index in [-0.39, 0.29) is 11.9 Å². The lowest BCUT2D eigenvalue weighted by atomic mass is 10.2. The zero-order valence-corrected chi connectivity index (χ0v) is 14.2. The Labute approximate surface area is 141 Å². The van der Waals surface area contributed by atoms with Gasteiger partial charge in [-0.2, -0.15) is 0 Å². The Balaban J connectivity index is 1.65. The number of carbonyl (C=O) groups excluding carboxylic acids is 2. The van der Waals surface area contributed by atoms with Crippen LogP contribution in [0, 0.1) is 6.92 Å². The fourth-order valence-electron chi connectivity index (χ4n) is 2.62. The third-order valence-corrected chi connectivity index (χ3v) is 5.71. The Morgan fingerprint density at radius 2 is 2.35 bits per heavy atom. The summed E-state index contributed by atoms with van der Waals surface area (Å²) in [5, 5.41) is 7.36. The number of hydrogen-bond donors (Lipinski definition) is 2. The molecule has 1 aliphatic rings. The lowest BCUT2D eigenvalue weighted by Crippen LogP contribution is -2.31. The van der Waals surface area contributed by atoms with E-state index in [9.17, 15) is 9.59 Å². The van der Waals surface area contributed by atoms with E-state index in [0.29, 0.717) is 15.8 Å². The highest BCUT2D eigenvalue weighted by atomic mass is 32.2. The zero-order valence-electron chi connectivity index (χ0n) is 12.6. The summed E-state index contributed by atoms with van der Waals surface area (Å²) in [7, 11) is 0. The Morgan fingerprint density at radius 1 is 1.52 bits per heavy atom. The van der Waals surface area contributed by atoms with Crippen LogP contribution in [0.4, 0.5) is 0 Å². The average molecular weight is 351 g/mol. The van der Waals surface area contributed by atoms with Gasteiger partial charge in [-0.25, -0.2) is 4.98 Å².